The summed E-state index contributed by atoms with van der Waals surface area (Å²) in [5.41, 5.74) is -1.17. The molecule has 3 aromatic rings. The summed E-state index contributed by atoms with van der Waals surface area (Å²) in [5.74, 6) is -0.397. The first-order valence-corrected chi connectivity index (χ1v) is 15.6. The average Bonchev–Trinajstić information content (AvgIpc) is 3.49. The lowest BCUT2D eigenvalue weighted by atomic mass is 9.80. The summed E-state index contributed by atoms with van der Waals surface area (Å²) in [4.78, 5) is 31.1. The van der Waals surface area contributed by atoms with E-state index in [2.05, 4.69) is 0 Å². The van der Waals surface area contributed by atoms with E-state index in [1.165, 1.54) is 56.6 Å². The Labute approximate surface area is 261 Å². The number of carbonyl (C=O) groups excluding carboxylic acids is 2. The van der Waals surface area contributed by atoms with Crippen molar-refractivity contribution in [3.63, 3.8) is 0 Å². The Hall–Kier alpha value is -3.84. The lowest BCUT2D eigenvalue weighted by molar-refractivity contribution is -0.133. The maximum absolute atomic E-state index is 15.2. The lowest BCUT2D eigenvalue weighted by Crippen LogP contribution is -2.57. The third kappa shape index (κ3) is 4.95. The number of fused-ring (bicyclic) bond motifs is 1. The standard InChI is InChI=1S/C31H34ClN3O8S/c1-33(2)29(37)16-20-15-21(36)18-34(20)31(23-8-6-7-9-26(23)42-4)24-14-19(32)10-12-25(24)35(30(31)38)44(39,40)28-13-11-22(41-3)17-27(28)43-5/h6-14,17,20-21,36H,15-16,18H2,1-5H3/t20-,21+,31?/m0/s1. The van der Waals surface area contributed by atoms with E-state index in [-0.39, 0.29) is 52.2 Å². The summed E-state index contributed by atoms with van der Waals surface area (Å²) < 4.78 is 46.3. The van der Waals surface area contributed by atoms with E-state index in [1.807, 2.05) is 0 Å². The molecular formula is C31H34ClN3O8S. The summed E-state index contributed by atoms with van der Waals surface area (Å²) in [7, 11) is 2.84. The fourth-order valence-electron chi connectivity index (χ4n) is 6.19. The first-order chi connectivity index (χ1) is 20.9. The zero-order valence-corrected chi connectivity index (χ0v) is 26.6. The van der Waals surface area contributed by atoms with Crippen molar-refractivity contribution in [1.82, 2.24) is 9.80 Å². The van der Waals surface area contributed by atoms with Crippen LogP contribution >= 0.6 is 11.6 Å². The zero-order valence-electron chi connectivity index (χ0n) is 25.0. The predicted molar refractivity (Wildman–Crippen MR) is 164 cm³/mol. The Morgan fingerprint density at radius 2 is 1.70 bits per heavy atom. The number of anilines is 1. The minimum Gasteiger partial charge on any atom is -0.497 e. The van der Waals surface area contributed by atoms with Gasteiger partial charge in [0.2, 0.25) is 5.91 Å². The van der Waals surface area contributed by atoms with Crippen LogP contribution in [0, 0.1) is 0 Å². The van der Waals surface area contributed by atoms with Gasteiger partial charge >= 0.3 is 0 Å². The van der Waals surface area contributed by atoms with Crippen molar-refractivity contribution in [2.45, 2.75) is 35.4 Å². The zero-order chi connectivity index (χ0) is 32.0. The second kappa shape index (κ2) is 11.9. The summed E-state index contributed by atoms with van der Waals surface area (Å²) in [5, 5.41) is 11.2. The minimum absolute atomic E-state index is 0.0199. The molecule has 0 aromatic heterocycles. The number of halogens is 1. The maximum atomic E-state index is 15.2. The molecule has 2 aliphatic rings. The Balaban J connectivity index is 1.83. The monoisotopic (exact) mass is 643 g/mol. The molecule has 3 aromatic carbocycles. The molecule has 1 saturated heterocycles. The fraction of sp³-hybridized carbons (Fsp3) is 0.355. The Morgan fingerprint density at radius 3 is 2.36 bits per heavy atom. The molecular weight excluding hydrogens is 610 g/mol. The summed E-state index contributed by atoms with van der Waals surface area (Å²) in [6.07, 6.45) is -0.744. The molecule has 0 saturated carbocycles. The number of aliphatic hydroxyl groups is 1. The van der Waals surface area contributed by atoms with E-state index in [0.717, 1.165) is 4.31 Å². The van der Waals surface area contributed by atoms with Crippen LogP contribution in [0.4, 0.5) is 5.69 Å². The molecule has 0 bridgehead atoms. The molecule has 1 fully saturated rings. The number of ether oxygens (including phenoxy) is 3. The fourth-order valence-corrected chi connectivity index (χ4v) is 7.96. The van der Waals surface area contributed by atoms with Gasteiger partial charge in [0, 0.05) is 55.3 Å². The first-order valence-electron chi connectivity index (χ1n) is 13.8. The van der Waals surface area contributed by atoms with Crippen molar-refractivity contribution in [3.05, 3.63) is 76.8 Å². The number of benzene rings is 3. The molecule has 2 aliphatic heterocycles. The number of β-amino-alcohol motifs (C(OH)–C–C–N with tert-alkyl or cyclic N) is 1. The number of carbonyl (C=O) groups is 2. The molecule has 234 valence electrons. The van der Waals surface area contributed by atoms with Crippen LogP contribution in [0.15, 0.2) is 65.6 Å². The van der Waals surface area contributed by atoms with Crippen LogP contribution in [0.25, 0.3) is 0 Å². The number of sulfonamides is 1. The van der Waals surface area contributed by atoms with Crippen LogP contribution in [0.2, 0.25) is 5.02 Å². The van der Waals surface area contributed by atoms with Gasteiger partial charge in [-0.1, -0.05) is 29.8 Å². The third-order valence-corrected chi connectivity index (χ3v) is 10.2. The minimum atomic E-state index is -4.62. The molecule has 2 amide bonds. The molecule has 5 rings (SSSR count). The van der Waals surface area contributed by atoms with E-state index in [1.54, 1.807) is 49.3 Å². The van der Waals surface area contributed by atoms with Gasteiger partial charge < -0.3 is 24.2 Å². The molecule has 13 heteroatoms. The molecule has 2 heterocycles. The molecule has 0 radical (unpaired) electrons. The number of rotatable bonds is 9. The smallest absolute Gasteiger partial charge is 0.274 e. The molecule has 0 spiro atoms. The molecule has 0 aliphatic carbocycles. The number of amides is 2. The van der Waals surface area contributed by atoms with Gasteiger partial charge in [-0.25, -0.2) is 12.7 Å². The predicted octanol–water partition coefficient (Wildman–Crippen LogP) is 3.26. The Bertz CT molecular complexity index is 1720. The summed E-state index contributed by atoms with van der Waals surface area (Å²) in [6, 6.07) is 14.9. The van der Waals surface area contributed by atoms with Gasteiger partial charge in [0.05, 0.1) is 33.1 Å². The number of likely N-dealkylation sites (tertiary alicyclic amines) is 1. The van der Waals surface area contributed by atoms with Crippen LogP contribution in [-0.2, 0) is 25.2 Å². The van der Waals surface area contributed by atoms with Gasteiger partial charge in [-0.15, -0.1) is 0 Å². The quantitative estimate of drug-likeness (QED) is 0.374. The molecule has 1 N–H and O–H groups in total. The van der Waals surface area contributed by atoms with E-state index in [0.29, 0.717) is 17.1 Å². The highest BCUT2D eigenvalue weighted by molar-refractivity contribution is 7.93. The average molecular weight is 644 g/mol. The van der Waals surface area contributed by atoms with Gasteiger partial charge in [0.25, 0.3) is 15.9 Å². The van der Waals surface area contributed by atoms with E-state index in [9.17, 15) is 18.3 Å². The lowest BCUT2D eigenvalue weighted by Gasteiger charge is -2.42. The van der Waals surface area contributed by atoms with Gasteiger partial charge in [0.1, 0.15) is 22.1 Å². The molecule has 44 heavy (non-hydrogen) atoms. The highest BCUT2D eigenvalue weighted by Gasteiger charge is 2.63. The van der Waals surface area contributed by atoms with Crippen LogP contribution in [0.5, 0.6) is 17.2 Å². The number of methoxy groups -OCH3 is 3. The highest BCUT2D eigenvalue weighted by atomic mass is 35.5. The number of hydrogen-bond donors (Lipinski definition) is 1. The SMILES string of the molecule is COc1ccc(S(=O)(=O)N2C(=O)C(c3ccccc3OC)(N3C[C@H](O)C[C@H]3CC(=O)N(C)C)c3cc(Cl)ccc32)c(OC)c1. The third-order valence-electron chi connectivity index (χ3n) is 8.18. The van der Waals surface area contributed by atoms with Crippen molar-refractivity contribution < 1.29 is 37.3 Å². The first kappa shape index (κ1) is 31.6. The maximum Gasteiger partial charge on any atom is 0.274 e. The van der Waals surface area contributed by atoms with Crippen LogP contribution in [0.1, 0.15) is 24.0 Å². The van der Waals surface area contributed by atoms with Crippen molar-refractivity contribution in [2.24, 2.45) is 0 Å². The van der Waals surface area contributed by atoms with E-state index < -0.39 is 33.6 Å². The summed E-state index contributed by atoms with van der Waals surface area (Å²) in [6.45, 7) is -0.0269. The van der Waals surface area contributed by atoms with Gasteiger partial charge in [-0.05, 0) is 42.8 Å². The molecule has 11 nitrogen and oxygen atoms in total. The van der Waals surface area contributed by atoms with Gasteiger partial charge in [-0.3, -0.25) is 14.5 Å². The van der Waals surface area contributed by atoms with Crippen molar-refractivity contribution in [1.29, 1.82) is 0 Å². The van der Waals surface area contributed by atoms with Crippen molar-refractivity contribution in [3.8, 4) is 17.2 Å². The topological polar surface area (TPSA) is 126 Å². The Morgan fingerprint density at radius 1 is 1.00 bits per heavy atom. The largest absolute Gasteiger partial charge is 0.497 e. The highest BCUT2D eigenvalue weighted by Crippen LogP contribution is 2.55. The molecule has 1 unspecified atom stereocenters. The summed E-state index contributed by atoms with van der Waals surface area (Å²) >= 11 is 6.54. The normalized spacial score (nSPS) is 21.7. The second-order valence-electron chi connectivity index (χ2n) is 10.9. The van der Waals surface area contributed by atoms with Crippen molar-refractivity contribution >= 4 is 39.1 Å². The number of hydrogen-bond acceptors (Lipinski definition) is 9. The van der Waals surface area contributed by atoms with E-state index in [4.69, 9.17) is 25.8 Å². The van der Waals surface area contributed by atoms with E-state index >= 15 is 4.79 Å². The van der Waals surface area contributed by atoms with Crippen molar-refractivity contribution in [2.75, 3.05) is 46.3 Å². The number of aliphatic hydroxyl groups excluding tert-OH is 1. The Kier molecular flexibility index (Phi) is 8.56. The molecule has 3 atom stereocenters. The van der Waals surface area contributed by atoms with Crippen LogP contribution in [-0.4, -0.2) is 89.3 Å². The van der Waals surface area contributed by atoms with Crippen LogP contribution in [0.3, 0.4) is 0 Å². The van der Waals surface area contributed by atoms with Gasteiger partial charge in [-0.2, -0.15) is 0 Å². The number of para-hydroxylation sites is 1. The second-order valence-corrected chi connectivity index (χ2v) is 13.0. The van der Waals surface area contributed by atoms with Gasteiger partial charge in [0.15, 0.2) is 5.54 Å². The number of nitrogens with zero attached hydrogens (tertiary/aromatic N) is 3. The van der Waals surface area contributed by atoms with Crippen LogP contribution < -0.4 is 18.5 Å².